The van der Waals surface area contributed by atoms with Crippen molar-refractivity contribution in [3.63, 3.8) is 0 Å². The van der Waals surface area contributed by atoms with Gasteiger partial charge in [-0.15, -0.1) is 0 Å². The molecule has 0 saturated carbocycles. The van der Waals surface area contributed by atoms with Crippen molar-refractivity contribution in [3.8, 4) is 23.0 Å². The predicted molar refractivity (Wildman–Crippen MR) is 162 cm³/mol. The average Bonchev–Trinajstić information content (AvgIpc) is 3.36. The molecular formula is C33H33N5O4. The Labute approximate surface area is 244 Å². The lowest BCUT2D eigenvalue weighted by molar-refractivity contribution is 0.136. The van der Waals surface area contributed by atoms with Crippen molar-refractivity contribution < 1.29 is 19.4 Å². The Morgan fingerprint density at radius 1 is 0.881 bits per heavy atom. The number of carbonyl (C=O) groups is 1. The summed E-state index contributed by atoms with van der Waals surface area (Å²) in [5.74, 6) is 0.912. The number of pyridine rings is 1. The SMILES string of the molecule is CC1CN(C(=O)O)CCN1c1cccc2c(-c3ccc(OCc4ccccc4)nc3OCc3ccccc3)nn(C)c12. The lowest BCUT2D eigenvalue weighted by Gasteiger charge is -2.40. The second kappa shape index (κ2) is 11.8. The van der Waals surface area contributed by atoms with Crippen LogP contribution in [0.4, 0.5) is 10.5 Å². The fourth-order valence-electron chi connectivity index (χ4n) is 5.49. The largest absolute Gasteiger partial charge is 0.473 e. The zero-order valence-electron chi connectivity index (χ0n) is 23.7. The third-order valence-electron chi connectivity index (χ3n) is 7.59. The van der Waals surface area contributed by atoms with E-state index in [4.69, 9.17) is 19.6 Å². The van der Waals surface area contributed by atoms with E-state index in [-0.39, 0.29) is 6.04 Å². The summed E-state index contributed by atoms with van der Waals surface area (Å²) in [6.45, 7) is 4.31. The maximum atomic E-state index is 11.5. The Balaban J connectivity index is 1.36. The summed E-state index contributed by atoms with van der Waals surface area (Å²) in [6.07, 6.45) is -0.880. The van der Waals surface area contributed by atoms with E-state index >= 15 is 0 Å². The Morgan fingerprint density at radius 2 is 1.57 bits per heavy atom. The quantitative estimate of drug-likeness (QED) is 0.248. The van der Waals surface area contributed by atoms with Crippen molar-refractivity contribution in [3.05, 3.63) is 102 Å². The highest BCUT2D eigenvalue weighted by atomic mass is 16.5. The number of carboxylic acid groups (broad SMARTS) is 1. The van der Waals surface area contributed by atoms with Gasteiger partial charge in [-0.1, -0.05) is 72.8 Å². The number of nitrogens with zero attached hydrogens (tertiary/aromatic N) is 5. The Kier molecular flexibility index (Phi) is 7.64. The van der Waals surface area contributed by atoms with Crippen LogP contribution in [0.1, 0.15) is 18.1 Å². The number of hydrogen-bond donors (Lipinski definition) is 1. The number of aryl methyl sites for hydroxylation is 1. The van der Waals surface area contributed by atoms with Gasteiger partial charge < -0.3 is 24.4 Å². The molecule has 9 heteroatoms. The van der Waals surface area contributed by atoms with Gasteiger partial charge in [0.15, 0.2) is 0 Å². The van der Waals surface area contributed by atoms with Crippen LogP contribution in [0.25, 0.3) is 22.2 Å². The molecular weight excluding hydrogens is 530 g/mol. The molecule has 1 unspecified atom stereocenters. The van der Waals surface area contributed by atoms with Crippen molar-refractivity contribution >= 4 is 22.7 Å². The van der Waals surface area contributed by atoms with Gasteiger partial charge in [-0.25, -0.2) is 4.79 Å². The molecule has 1 aliphatic rings. The van der Waals surface area contributed by atoms with Gasteiger partial charge in [-0.2, -0.15) is 10.1 Å². The first-order valence-corrected chi connectivity index (χ1v) is 14.0. The first kappa shape index (κ1) is 27.1. The first-order valence-electron chi connectivity index (χ1n) is 14.0. The van der Waals surface area contributed by atoms with Gasteiger partial charge in [0.05, 0.1) is 16.8 Å². The van der Waals surface area contributed by atoms with Crippen molar-refractivity contribution in [2.45, 2.75) is 26.2 Å². The zero-order valence-corrected chi connectivity index (χ0v) is 23.7. The molecule has 0 radical (unpaired) electrons. The number of rotatable bonds is 8. The summed E-state index contributed by atoms with van der Waals surface area (Å²) in [4.78, 5) is 20.1. The van der Waals surface area contributed by atoms with E-state index < -0.39 is 6.09 Å². The van der Waals surface area contributed by atoms with E-state index in [9.17, 15) is 9.90 Å². The molecule has 1 saturated heterocycles. The van der Waals surface area contributed by atoms with Crippen molar-refractivity contribution in [2.75, 3.05) is 24.5 Å². The number of hydrogen-bond acceptors (Lipinski definition) is 6. The summed E-state index contributed by atoms with van der Waals surface area (Å²) in [5.41, 5.74) is 5.61. The molecule has 1 fully saturated rings. The van der Waals surface area contributed by atoms with Crippen LogP contribution in [0.2, 0.25) is 0 Å². The van der Waals surface area contributed by atoms with Crippen LogP contribution < -0.4 is 14.4 Å². The smallest absolute Gasteiger partial charge is 0.407 e. The second-order valence-electron chi connectivity index (χ2n) is 10.5. The molecule has 1 aliphatic heterocycles. The van der Waals surface area contributed by atoms with E-state index in [1.165, 1.54) is 4.90 Å². The summed E-state index contributed by atoms with van der Waals surface area (Å²) in [6, 6.07) is 29.9. The van der Waals surface area contributed by atoms with E-state index in [1.54, 1.807) is 0 Å². The van der Waals surface area contributed by atoms with Crippen molar-refractivity contribution in [1.82, 2.24) is 19.7 Å². The highest BCUT2D eigenvalue weighted by molar-refractivity contribution is 6.01. The molecule has 3 aromatic carbocycles. The molecule has 0 spiro atoms. The fraction of sp³-hybridized carbons (Fsp3) is 0.242. The summed E-state index contributed by atoms with van der Waals surface area (Å²) in [7, 11) is 1.93. The van der Waals surface area contributed by atoms with Crippen LogP contribution in [0.3, 0.4) is 0 Å². The summed E-state index contributed by atoms with van der Waals surface area (Å²) >= 11 is 0. The Bertz CT molecular complexity index is 1690. The van der Waals surface area contributed by atoms with Crippen molar-refractivity contribution in [2.24, 2.45) is 7.05 Å². The molecule has 1 N–H and O–H groups in total. The summed E-state index contributed by atoms with van der Waals surface area (Å²) in [5, 5.41) is 15.4. The van der Waals surface area contributed by atoms with Crippen LogP contribution in [-0.4, -0.2) is 56.5 Å². The molecule has 1 amide bonds. The van der Waals surface area contributed by atoms with Crippen LogP contribution in [0.5, 0.6) is 11.8 Å². The van der Waals surface area contributed by atoms with Gasteiger partial charge >= 0.3 is 6.09 Å². The van der Waals surface area contributed by atoms with E-state index in [0.29, 0.717) is 44.6 Å². The molecule has 5 aromatic rings. The number of fused-ring (bicyclic) bond motifs is 1. The molecule has 9 nitrogen and oxygen atoms in total. The van der Waals surface area contributed by atoms with Crippen molar-refractivity contribution in [1.29, 1.82) is 0 Å². The van der Waals surface area contributed by atoms with Gasteiger partial charge in [-0.3, -0.25) is 4.68 Å². The van der Waals surface area contributed by atoms with Crippen LogP contribution in [-0.2, 0) is 20.3 Å². The molecule has 1 atom stereocenters. The number of piperazine rings is 1. The standard InChI is InChI=1S/C33H33N5O4/c1-23-20-37(33(39)40)18-19-38(23)28-15-9-14-26-30(35-36(2)31(26)28)27-16-17-29(41-21-24-10-5-3-6-11-24)34-32(27)42-22-25-12-7-4-8-13-25/h3-17,23H,18-22H2,1-2H3,(H,39,40). The number of ether oxygens (including phenoxy) is 2. The number of aromatic nitrogens is 3. The minimum absolute atomic E-state index is 0.0197. The maximum Gasteiger partial charge on any atom is 0.407 e. The molecule has 214 valence electrons. The summed E-state index contributed by atoms with van der Waals surface area (Å²) < 4.78 is 14.2. The second-order valence-corrected chi connectivity index (χ2v) is 10.5. The Hall–Kier alpha value is -5.05. The minimum atomic E-state index is -0.880. The monoisotopic (exact) mass is 563 g/mol. The van der Waals surface area contributed by atoms with Gasteiger partial charge in [-0.05, 0) is 30.2 Å². The molecule has 2 aromatic heterocycles. The lowest BCUT2D eigenvalue weighted by atomic mass is 10.1. The van der Waals surface area contributed by atoms with E-state index in [2.05, 4.69) is 24.0 Å². The maximum absolute atomic E-state index is 11.5. The lowest BCUT2D eigenvalue weighted by Crippen LogP contribution is -2.53. The molecule has 42 heavy (non-hydrogen) atoms. The minimum Gasteiger partial charge on any atom is -0.473 e. The third kappa shape index (κ3) is 5.58. The van der Waals surface area contributed by atoms with Crippen LogP contribution >= 0.6 is 0 Å². The van der Waals surface area contributed by atoms with Gasteiger partial charge in [0.1, 0.15) is 18.9 Å². The Morgan fingerprint density at radius 3 is 2.24 bits per heavy atom. The van der Waals surface area contributed by atoms with E-state index in [0.717, 1.165) is 39.0 Å². The molecule has 0 bridgehead atoms. The van der Waals surface area contributed by atoms with E-state index in [1.807, 2.05) is 90.6 Å². The molecule has 3 heterocycles. The number of anilines is 1. The highest BCUT2D eigenvalue weighted by Crippen LogP contribution is 2.39. The fourth-order valence-corrected chi connectivity index (χ4v) is 5.49. The van der Waals surface area contributed by atoms with Gasteiger partial charge in [0.25, 0.3) is 0 Å². The van der Waals surface area contributed by atoms with Gasteiger partial charge in [0.2, 0.25) is 11.8 Å². The highest BCUT2D eigenvalue weighted by Gasteiger charge is 2.29. The molecule has 0 aliphatic carbocycles. The first-order chi connectivity index (χ1) is 20.5. The number of para-hydroxylation sites is 1. The van der Waals surface area contributed by atoms with Crippen LogP contribution in [0.15, 0.2) is 91.0 Å². The topological polar surface area (TPSA) is 93.0 Å². The average molecular weight is 564 g/mol. The molecule has 6 rings (SSSR count). The third-order valence-corrected chi connectivity index (χ3v) is 7.59. The van der Waals surface area contributed by atoms with Gasteiger partial charge in [0, 0.05) is 44.2 Å². The number of amides is 1. The predicted octanol–water partition coefficient (Wildman–Crippen LogP) is 5.98. The number of benzene rings is 3. The normalized spacial score (nSPS) is 15.1. The van der Waals surface area contributed by atoms with Crippen LogP contribution in [0, 0.1) is 0 Å². The zero-order chi connectivity index (χ0) is 29.1.